The summed E-state index contributed by atoms with van der Waals surface area (Å²) in [5.41, 5.74) is 1.96. The average molecular weight is 375 g/mol. The first-order chi connectivity index (χ1) is 12.0. The van der Waals surface area contributed by atoms with E-state index in [1.165, 1.54) is 0 Å². The Hall–Kier alpha value is -2.57. The van der Waals surface area contributed by atoms with Crippen LogP contribution in [0.25, 0.3) is 11.0 Å². The minimum absolute atomic E-state index is 0.0213. The van der Waals surface area contributed by atoms with Gasteiger partial charge in [0.2, 0.25) is 17.8 Å². The number of amides is 2. The number of halogens is 2. The molecular weight excluding hydrogens is 363 g/mol. The van der Waals surface area contributed by atoms with E-state index in [1.807, 2.05) is 24.3 Å². The van der Waals surface area contributed by atoms with Crippen molar-refractivity contribution in [3.8, 4) is 0 Å². The molecule has 0 bridgehead atoms. The lowest BCUT2D eigenvalue weighted by atomic mass is 10.1. The Bertz CT molecular complexity index is 995. The largest absolute Gasteiger partial charge is 0.324 e. The average Bonchev–Trinajstić information content (AvgIpc) is 2.90. The highest BCUT2D eigenvalue weighted by atomic mass is 35.5. The Morgan fingerprint density at radius 2 is 1.92 bits per heavy atom. The van der Waals surface area contributed by atoms with Gasteiger partial charge >= 0.3 is 0 Å². The van der Waals surface area contributed by atoms with Gasteiger partial charge in [-0.05, 0) is 30.3 Å². The first-order valence-corrected chi connectivity index (χ1v) is 8.30. The predicted molar refractivity (Wildman–Crippen MR) is 97.1 cm³/mol. The third-order valence-electron chi connectivity index (χ3n) is 3.97. The second kappa shape index (κ2) is 6.06. The summed E-state index contributed by atoms with van der Waals surface area (Å²) in [5, 5.41) is 6.31. The second-order valence-electron chi connectivity index (χ2n) is 5.71. The fourth-order valence-electron chi connectivity index (χ4n) is 2.95. The Balaban J connectivity index is 1.73. The zero-order valence-electron chi connectivity index (χ0n) is 12.8. The number of nitrogens with zero attached hydrogens (tertiary/aromatic N) is 2. The van der Waals surface area contributed by atoms with Gasteiger partial charge in [0.25, 0.3) is 0 Å². The van der Waals surface area contributed by atoms with E-state index in [0.29, 0.717) is 27.2 Å². The fourth-order valence-corrected chi connectivity index (χ4v) is 3.48. The van der Waals surface area contributed by atoms with E-state index >= 15 is 0 Å². The van der Waals surface area contributed by atoms with E-state index < -0.39 is 6.04 Å². The van der Waals surface area contributed by atoms with Gasteiger partial charge in [0, 0.05) is 15.7 Å². The molecule has 0 saturated heterocycles. The number of hydrogen-bond acceptors (Lipinski definition) is 3. The van der Waals surface area contributed by atoms with Crippen LogP contribution in [0.5, 0.6) is 0 Å². The third-order valence-corrected chi connectivity index (χ3v) is 4.41. The first-order valence-electron chi connectivity index (χ1n) is 7.55. The number of nitrogens with one attached hydrogen (secondary N) is 2. The number of aromatic nitrogens is 2. The van der Waals surface area contributed by atoms with Crippen molar-refractivity contribution in [3.63, 3.8) is 0 Å². The number of anilines is 2. The summed E-state index contributed by atoms with van der Waals surface area (Å²) in [4.78, 5) is 29.2. The summed E-state index contributed by atoms with van der Waals surface area (Å²) in [6.07, 6.45) is 0.0213. The van der Waals surface area contributed by atoms with Crippen molar-refractivity contribution in [2.24, 2.45) is 0 Å². The number of rotatable bonds is 2. The minimum atomic E-state index is -0.714. The molecule has 6 nitrogen and oxygen atoms in total. The molecular formula is C17H12Cl2N4O2. The number of carbonyl (C=O) groups excluding carboxylic acids is 2. The predicted octanol–water partition coefficient (Wildman–Crippen LogP) is 3.87. The SMILES string of the molecule is O=C1CC(C(=O)Nc2cc(Cl)cc(Cl)c2)n2c(nc3ccccc32)N1. The molecule has 1 aromatic heterocycles. The van der Waals surface area contributed by atoms with E-state index in [9.17, 15) is 9.59 Å². The summed E-state index contributed by atoms with van der Waals surface area (Å²) in [6, 6.07) is 11.5. The summed E-state index contributed by atoms with van der Waals surface area (Å²) in [7, 11) is 0. The molecule has 0 aliphatic carbocycles. The number of para-hydroxylation sites is 2. The molecule has 8 heteroatoms. The molecule has 126 valence electrons. The van der Waals surface area contributed by atoms with Crippen molar-refractivity contribution in [1.82, 2.24) is 9.55 Å². The summed E-state index contributed by atoms with van der Waals surface area (Å²) >= 11 is 11.9. The van der Waals surface area contributed by atoms with E-state index in [0.717, 1.165) is 5.52 Å². The van der Waals surface area contributed by atoms with Crippen LogP contribution in [-0.2, 0) is 9.59 Å². The zero-order chi connectivity index (χ0) is 17.6. The molecule has 2 heterocycles. The Kier molecular flexibility index (Phi) is 3.86. The van der Waals surface area contributed by atoms with Gasteiger partial charge in [-0.3, -0.25) is 19.5 Å². The zero-order valence-corrected chi connectivity index (χ0v) is 14.3. The number of fused-ring (bicyclic) bond motifs is 3. The molecule has 1 aliphatic rings. The molecule has 4 rings (SSSR count). The van der Waals surface area contributed by atoms with Crippen LogP contribution in [0, 0.1) is 0 Å². The smallest absolute Gasteiger partial charge is 0.248 e. The Morgan fingerprint density at radius 3 is 2.68 bits per heavy atom. The van der Waals surface area contributed by atoms with Crippen LogP contribution in [0.1, 0.15) is 12.5 Å². The monoisotopic (exact) mass is 374 g/mol. The Labute approximate surface area is 152 Å². The van der Waals surface area contributed by atoms with E-state index in [2.05, 4.69) is 15.6 Å². The van der Waals surface area contributed by atoms with Gasteiger partial charge in [0.05, 0.1) is 17.5 Å². The highest BCUT2D eigenvalue weighted by Gasteiger charge is 2.32. The van der Waals surface area contributed by atoms with Gasteiger partial charge in [0.1, 0.15) is 6.04 Å². The van der Waals surface area contributed by atoms with E-state index in [-0.39, 0.29) is 18.2 Å². The first kappa shape index (κ1) is 15.9. The molecule has 1 atom stereocenters. The number of benzene rings is 2. The second-order valence-corrected chi connectivity index (χ2v) is 6.58. The summed E-state index contributed by atoms with van der Waals surface area (Å²) in [6.45, 7) is 0. The van der Waals surface area contributed by atoms with Crippen LogP contribution >= 0.6 is 23.2 Å². The van der Waals surface area contributed by atoms with Crippen molar-refractivity contribution < 1.29 is 9.59 Å². The lowest BCUT2D eigenvalue weighted by molar-refractivity contribution is -0.124. The van der Waals surface area contributed by atoms with Crippen molar-refractivity contribution in [1.29, 1.82) is 0 Å². The quantitative estimate of drug-likeness (QED) is 0.714. The molecule has 1 aliphatic heterocycles. The highest BCUT2D eigenvalue weighted by molar-refractivity contribution is 6.35. The number of imidazole rings is 1. The topological polar surface area (TPSA) is 76.0 Å². The van der Waals surface area contributed by atoms with Crippen molar-refractivity contribution in [2.45, 2.75) is 12.5 Å². The van der Waals surface area contributed by atoms with E-state index in [1.54, 1.807) is 22.8 Å². The molecule has 2 aromatic carbocycles. The lowest BCUT2D eigenvalue weighted by Crippen LogP contribution is -2.35. The van der Waals surface area contributed by atoms with Crippen molar-refractivity contribution in [3.05, 3.63) is 52.5 Å². The Morgan fingerprint density at radius 1 is 1.20 bits per heavy atom. The standard InChI is InChI=1S/C17H12Cl2N4O2/c18-9-5-10(19)7-11(6-9)20-16(25)14-8-15(24)22-17-21-12-3-1-2-4-13(12)23(14)17/h1-7,14H,8H2,(H,20,25)(H,21,22,24). The van der Waals surface area contributed by atoms with Gasteiger partial charge in [0.15, 0.2) is 0 Å². The molecule has 0 radical (unpaired) electrons. The van der Waals surface area contributed by atoms with Gasteiger partial charge in [-0.15, -0.1) is 0 Å². The molecule has 1 unspecified atom stereocenters. The van der Waals surface area contributed by atoms with Crippen LogP contribution in [0.15, 0.2) is 42.5 Å². The molecule has 2 amide bonds. The molecule has 25 heavy (non-hydrogen) atoms. The molecule has 0 saturated carbocycles. The summed E-state index contributed by atoms with van der Waals surface area (Å²) in [5.74, 6) is -0.230. The van der Waals surface area contributed by atoms with Gasteiger partial charge in [-0.25, -0.2) is 4.98 Å². The van der Waals surface area contributed by atoms with Gasteiger partial charge < -0.3 is 5.32 Å². The molecule has 0 spiro atoms. The maximum Gasteiger partial charge on any atom is 0.248 e. The van der Waals surface area contributed by atoms with Crippen LogP contribution in [0.2, 0.25) is 10.0 Å². The number of hydrogen-bond donors (Lipinski definition) is 2. The fraction of sp³-hybridized carbons (Fsp3) is 0.118. The lowest BCUT2D eigenvalue weighted by Gasteiger charge is -2.25. The van der Waals surface area contributed by atoms with Gasteiger partial charge in [-0.2, -0.15) is 0 Å². The van der Waals surface area contributed by atoms with Crippen molar-refractivity contribution >= 4 is 57.7 Å². The van der Waals surface area contributed by atoms with E-state index in [4.69, 9.17) is 23.2 Å². The molecule has 0 fully saturated rings. The van der Waals surface area contributed by atoms with Crippen molar-refractivity contribution in [2.75, 3.05) is 10.6 Å². The maximum absolute atomic E-state index is 12.8. The van der Waals surface area contributed by atoms with Crippen LogP contribution < -0.4 is 10.6 Å². The van der Waals surface area contributed by atoms with Crippen LogP contribution in [0.4, 0.5) is 11.6 Å². The third kappa shape index (κ3) is 2.94. The van der Waals surface area contributed by atoms with Crippen LogP contribution in [0.3, 0.4) is 0 Å². The van der Waals surface area contributed by atoms with Crippen LogP contribution in [-0.4, -0.2) is 21.4 Å². The minimum Gasteiger partial charge on any atom is -0.324 e. The normalized spacial score (nSPS) is 16.4. The highest BCUT2D eigenvalue weighted by Crippen LogP contribution is 2.31. The maximum atomic E-state index is 12.8. The number of carbonyl (C=O) groups is 2. The molecule has 3 aromatic rings. The summed E-state index contributed by atoms with van der Waals surface area (Å²) < 4.78 is 1.73. The van der Waals surface area contributed by atoms with Gasteiger partial charge in [-0.1, -0.05) is 35.3 Å². The molecule has 2 N–H and O–H groups in total.